The number of ether oxygens (including phenoxy) is 2. The third kappa shape index (κ3) is 3.90. The summed E-state index contributed by atoms with van der Waals surface area (Å²) in [7, 11) is 1.41. The number of methoxy groups -OCH3 is 1. The van der Waals surface area contributed by atoms with E-state index in [0.717, 1.165) is 24.2 Å². The Labute approximate surface area is 130 Å². The van der Waals surface area contributed by atoms with Crippen molar-refractivity contribution in [2.24, 2.45) is 5.73 Å². The Morgan fingerprint density at radius 3 is 2.91 bits per heavy atom. The average Bonchev–Trinajstić information content (AvgIpc) is 2.92. The van der Waals surface area contributed by atoms with Crippen LogP contribution in [-0.4, -0.2) is 32.3 Å². The maximum Gasteiger partial charge on any atom is 0.404 e. The highest BCUT2D eigenvalue weighted by Gasteiger charge is 2.23. The smallest absolute Gasteiger partial charge is 0.404 e. The molecule has 2 rings (SSSR count). The highest BCUT2D eigenvalue weighted by atomic mass is 16.5. The first-order valence-corrected chi connectivity index (χ1v) is 7.38. The second-order valence-electron chi connectivity index (χ2n) is 5.57. The number of nitrogens with two attached hydrogens (primary N) is 1. The molecule has 1 aromatic carbocycles. The van der Waals surface area contributed by atoms with Crippen molar-refractivity contribution in [2.75, 3.05) is 25.6 Å². The van der Waals surface area contributed by atoms with E-state index < -0.39 is 6.09 Å². The standard InChI is InChI=1S/C16H22N2O4/c1-10(9-22-16(17)20)11-3-5-13-12(4-6-15(19)21-2)8-18-14(13)7-11/h3,5,7,10,12,18H,4,6,8-9H2,1-2H3,(H2,17,20). The Morgan fingerprint density at radius 1 is 1.45 bits per heavy atom. The summed E-state index contributed by atoms with van der Waals surface area (Å²) in [6.45, 7) is 3.07. The monoisotopic (exact) mass is 306 g/mol. The van der Waals surface area contributed by atoms with Gasteiger partial charge in [-0.2, -0.15) is 0 Å². The summed E-state index contributed by atoms with van der Waals surface area (Å²) < 4.78 is 9.53. The predicted octanol–water partition coefficient (Wildman–Crippen LogP) is 2.35. The molecular weight excluding hydrogens is 284 g/mol. The van der Waals surface area contributed by atoms with Gasteiger partial charge in [-0.15, -0.1) is 0 Å². The van der Waals surface area contributed by atoms with E-state index in [4.69, 9.17) is 10.5 Å². The molecule has 1 aliphatic heterocycles. The molecule has 6 nitrogen and oxygen atoms in total. The molecule has 2 unspecified atom stereocenters. The maximum atomic E-state index is 11.3. The summed E-state index contributed by atoms with van der Waals surface area (Å²) >= 11 is 0. The van der Waals surface area contributed by atoms with Crippen LogP contribution in [0, 0.1) is 0 Å². The molecular formula is C16H22N2O4. The van der Waals surface area contributed by atoms with Gasteiger partial charge >= 0.3 is 12.1 Å². The number of carbonyl (C=O) groups is 2. The highest BCUT2D eigenvalue weighted by Crippen LogP contribution is 2.36. The van der Waals surface area contributed by atoms with Gasteiger partial charge in [0.2, 0.25) is 0 Å². The van der Waals surface area contributed by atoms with E-state index in [1.807, 2.05) is 13.0 Å². The van der Waals surface area contributed by atoms with Crippen LogP contribution in [0.4, 0.5) is 10.5 Å². The van der Waals surface area contributed by atoms with Crippen LogP contribution in [0.25, 0.3) is 0 Å². The fourth-order valence-corrected chi connectivity index (χ4v) is 2.69. The van der Waals surface area contributed by atoms with E-state index in [1.165, 1.54) is 12.7 Å². The Bertz CT molecular complexity index is 559. The molecule has 0 aliphatic carbocycles. The van der Waals surface area contributed by atoms with Crippen LogP contribution in [0.1, 0.15) is 42.7 Å². The predicted molar refractivity (Wildman–Crippen MR) is 82.9 cm³/mol. The van der Waals surface area contributed by atoms with Gasteiger partial charge in [0.15, 0.2) is 0 Å². The van der Waals surface area contributed by atoms with Crippen LogP contribution in [0.5, 0.6) is 0 Å². The zero-order valence-corrected chi connectivity index (χ0v) is 12.9. The van der Waals surface area contributed by atoms with Gasteiger partial charge < -0.3 is 20.5 Å². The van der Waals surface area contributed by atoms with Crippen molar-refractivity contribution in [1.82, 2.24) is 0 Å². The number of amides is 1. The number of anilines is 1. The first-order valence-electron chi connectivity index (χ1n) is 7.38. The number of primary amides is 1. The summed E-state index contributed by atoms with van der Waals surface area (Å²) in [6, 6.07) is 6.18. The van der Waals surface area contributed by atoms with E-state index in [0.29, 0.717) is 12.3 Å². The molecule has 1 aromatic rings. The van der Waals surface area contributed by atoms with Crippen LogP contribution in [0.2, 0.25) is 0 Å². The van der Waals surface area contributed by atoms with Crippen LogP contribution in [0.15, 0.2) is 18.2 Å². The van der Waals surface area contributed by atoms with Gasteiger partial charge in [-0.3, -0.25) is 4.79 Å². The number of carbonyl (C=O) groups excluding carboxylic acids is 2. The molecule has 0 spiro atoms. The SMILES string of the molecule is COC(=O)CCC1CNc2cc(C(C)COC(N)=O)ccc21. The van der Waals surface area contributed by atoms with E-state index in [-0.39, 0.29) is 18.5 Å². The molecule has 1 aliphatic rings. The lowest BCUT2D eigenvalue weighted by Gasteiger charge is -2.14. The quantitative estimate of drug-likeness (QED) is 0.787. The summed E-state index contributed by atoms with van der Waals surface area (Å²) in [6.07, 6.45) is 0.438. The van der Waals surface area contributed by atoms with Gasteiger partial charge in [0.1, 0.15) is 0 Å². The fourth-order valence-electron chi connectivity index (χ4n) is 2.69. The zero-order chi connectivity index (χ0) is 16.1. The molecule has 0 saturated heterocycles. The summed E-state index contributed by atoms with van der Waals surface area (Å²) in [5.74, 6) is 0.219. The second-order valence-corrected chi connectivity index (χ2v) is 5.57. The molecule has 6 heteroatoms. The number of hydrogen-bond acceptors (Lipinski definition) is 5. The van der Waals surface area contributed by atoms with Crippen molar-refractivity contribution in [3.8, 4) is 0 Å². The molecule has 0 fully saturated rings. The summed E-state index contributed by atoms with van der Waals surface area (Å²) in [5, 5.41) is 3.37. The first kappa shape index (κ1) is 16.1. The van der Waals surface area contributed by atoms with Crippen molar-refractivity contribution in [2.45, 2.75) is 31.6 Å². The van der Waals surface area contributed by atoms with E-state index in [1.54, 1.807) is 0 Å². The molecule has 1 amide bonds. The van der Waals surface area contributed by atoms with Gasteiger partial charge in [0.25, 0.3) is 0 Å². The molecule has 120 valence electrons. The van der Waals surface area contributed by atoms with Gasteiger partial charge in [0.05, 0.1) is 13.7 Å². The number of rotatable bonds is 6. The molecule has 3 N–H and O–H groups in total. The fraction of sp³-hybridized carbons (Fsp3) is 0.500. The van der Waals surface area contributed by atoms with Gasteiger partial charge in [0, 0.05) is 30.5 Å². The average molecular weight is 306 g/mol. The number of nitrogens with one attached hydrogen (secondary N) is 1. The van der Waals surface area contributed by atoms with Crippen molar-refractivity contribution in [1.29, 1.82) is 0 Å². The lowest BCUT2D eigenvalue weighted by Crippen LogP contribution is -2.16. The Morgan fingerprint density at radius 2 is 2.23 bits per heavy atom. The Kier molecular flexibility index (Phi) is 5.25. The van der Waals surface area contributed by atoms with Crippen molar-refractivity contribution in [3.63, 3.8) is 0 Å². The minimum absolute atomic E-state index is 0.0775. The normalized spacial score (nSPS) is 17.3. The lowest BCUT2D eigenvalue weighted by molar-refractivity contribution is -0.140. The molecule has 0 radical (unpaired) electrons. The molecule has 22 heavy (non-hydrogen) atoms. The Hall–Kier alpha value is -2.24. The maximum absolute atomic E-state index is 11.3. The number of benzene rings is 1. The topological polar surface area (TPSA) is 90.7 Å². The highest BCUT2D eigenvalue weighted by molar-refractivity contribution is 5.69. The molecule has 0 aromatic heterocycles. The number of fused-ring (bicyclic) bond motifs is 1. The minimum Gasteiger partial charge on any atom is -0.469 e. The third-order valence-electron chi connectivity index (χ3n) is 4.03. The second kappa shape index (κ2) is 7.15. The van der Waals surface area contributed by atoms with Crippen LogP contribution >= 0.6 is 0 Å². The van der Waals surface area contributed by atoms with Crippen LogP contribution < -0.4 is 11.1 Å². The molecule has 0 saturated carbocycles. The van der Waals surface area contributed by atoms with Gasteiger partial charge in [-0.25, -0.2) is 4.79 Å². The third-order valence-corrected chi connectivity index (χ3v) is 4.03. The van der Waals surface area contributed by atoms with E-state index in [2.05, 4.69) is 22.2 Å². The molecule has 1 heterocycles. The van der Waals surface area contributed by atoms with E-state index >= 15 is 0 Å². The van der Waals surface area contributed by atoms with Crippen molar-refractivity contribution >= 4 is 17.7 Å². The number of esters is 1. The molecule has 0 bridgehead atoms. The minimum atomic E-state index is -0.756. The summed E-state index contributed by atoms with van der Waals surface area (Å²) in [4.78, 5) is 21.9. The van der Waals surface area contributed by atoms with E-state index in [9.17, 15) is 9.59 Å². The summed E-state index contributed by atoms with van der Waals surface area (Å²) in [5.41, 5.74) is 8.37. The largest absolute Gasteiger partial charge is 0.469 e. The van der Waals surface area contributed by atoms with Crippen molar-refractivity contribution in [3.05, 3.63) is 29.3 Å². The van der Waals surface area contributed by atoms with Crippen LogP contribution in [-0.2, 0) is 14.3 Å². The van der Waals surface area contributed by atoms with Crippen LogP contribution in [0.3, 0.4) is 0 Å². The number of hydrogen-bond donors (Lipinski definition) is 2. The lowest BCUT2D eigenvalue weighted by atomic mass is 9.93. The first-order chi connectivity index (χ1) is 10.5. The van der Waals surface area contributed by atoms with Gasteiger partial charge in [-0.1, -0.05) is 19.1 Å². The van der Waals surface area contributed by atoms with Gasteiger partial charge in [-0.05, 0) is 23.6 Å². The molecule has 2 atom stereocenters. The Balaban J connectivity index is 2.00. The van der Waals surface area contributed by atoms with Crippen molar-refractivity contribution < 1.29 is 19.1 Å². The zero-order valence-electron chi connectivity index (χ0n) is 12.9.